The van der Waals surface area contributed by atoms with E-state index < -0.39 is 9.84 Å². The fourth-order valence-electron chi connectivity index (χ4n) is 1.97. The van der Waals surface area contributed by atoms with E-state index in [4.69, 9.17) is 0 Å². The number of sulfone groups is 1. The number of imidazole rings is 1. The minimum atomic E-state index is -3.21. The monoisotopic (exact) mass is 290 g/mol. The van der Waals surface area contributed by atoms with E-state index in [2.05, 4.69) is 4.98 Å². The lowest BCUT2D eigenvalue weighted by molar-refractivity contribution is 0.602. The molecule has 0 unspecified atom stereocenters. The molecule has 20 heavy (non-hydrogen) atoms. The molecule has 0 bridgehead atoms. The van der Waals surface area contributed by atoms with Gasteiger partial charge >= 0.3 is 0 Å². The molecule has 1 aromatic carbocycles. The molecule has 102 valence electrons. The molecule has 3 aromatic rings. The average Bonchev–Trinajstić information content (AvgIpc) is 2.80. The molecule has 0 fully saturated rings. The zero-order chi connectivity index (χ0) is 14.3. The van der Waals surface area contributed by atoms with Crippen molar-refractivity contribution in [3.05, 3.63) is 54.6 Å². The van der Waals surface area contributed by atoms with Crippen molar-refractivity contribution in [3.63, 3.8) is 0 Å². The number of hydrogen-bond acceptors (Lipinski definition) is 3. The van der Waals surface area contributed by atoms with E-state index in [0.717, 1.165) is 11.8 Å². The van der Waals surface area contributed by atoms with Crippen molar-refractivity contribution in [2.45, 2.75) is 4.90 Å². The van der Waals surface area contributed by atoms with Gasteiger partial charge in [0, 0.05) is 30.3 Å². The summed E-state index contributed by atoms with van der Waals surface area (Å²) in [5.74, 6) is -0.345. The van der Waals surface area contributed by atoms with Crippen LogP contribution in [0, 0.1) is 5.82 Å². The Hall–Kier alpha value is -2.21. The van der Waals surface area contributed by atoms with E-state index in [1.165, 1.54) is 24.3 Å². The molecular formula is C14H11FN2O2S. The summed E-state index contributed by atoms with van der Waals surface area (Å²) in [5, 5.41) is 0. The first-order chi connectivity index (χ1) is 9.43. The van der Waals surface area contributed by atoms with Crippen molar-refractivity contribution in [1.29, 1.82) is 0 Å². The topological polar surface area (TPSA) is 51.4 Å². The molecule has 4 nitrogen and oxygen atoms in total. The summed E-state index contributed by atoms with van der Waals surface area (Å²) in [6, 6.07) is 9.15. The predicted molar refractivity (Wildman–Crippen MR) is 73.7 cm³/mol. The van der Waals surface area contributed by atoms with Crippen LogP contribution in [0.1, 0.15) is 0 Å². The number of pyridine rings is 1. The number of nitrogens with zero attached hydrogens (tertiary/aromatic N) is 2. The summed E-state index contributed by atoms with van der Waals surface area (Å²) in [5.41, 5.74) is 1.95. The Morgan fingerprint density at radius 3 is 2.50 bits per heavy atom. The van der Waals surface area contributed by atoms with Gasteiger partial charge in [-0.25, -0.2) is 17.8 Å². The summed E-state index contributed by atoms with van der Waals surface area (Å²) in [6.07, 6.45) is 4.52. The molecule has 3 rings (SSSR count). The molecule has 6 heteroatoms. The number of hydrogen-bond donors (Lipinski definition) is 0. The minimum Gasteiger partial charge on any atom is -0.306 e. The Bertz CT molecular complexity index is 883. The van der Waals surface area contributed by atoms with Gasteiger partial charge in [-0.1, -0.05) is 12.1 Å². The van der Waals surface area contributed by atoms with Gasteiger partial charge in [-0.15, -0.1) is 0 Å². The molecule has 0 spiro atoms. The van der Waals surface area contributed by atoms with E-state index in [1.54, 1.807) is 28.9 Å². The summed E-state index contributed by atoms with van der Waals surface area (Å²) >= 11 is 0. The van der Waals surface area contributed by atoms with Gasteiger partial charge < -0.3 is 4.40 Å². The Balaban J connectivity index is 2.07. The Kier molecular flexibility index (Phi) is 2.83. The summed E-state index contributed by atoms with van der Waals surface area (Å²) in [4.78, 5) is 4.57. The van der Waals surface area contributed by atoms with Gasteiger partial charge in [-0.2, -0.15) is 0 Å². The first-order valence-electron chi connectivity index (χ1n) is 5.88. The standard InChI is InChI=1S/C14H11FN2O2S/c1-20(18,19)12-4-2-10(3-5-12)13-9-17-7-6-11(15)8-14(17)16-13/h2-9H,1H3. The van der Waals surface area contributed by atoms with Gasteiger partial charge in [0.15, 0.2) is 9.84 Å². The maximum atomic E-state index is 13.1. The molecule has 2 heterocycles. The van der Waals surface area contributed by atoms with Crippen molar-refractivity contribution in [3.8, 4) is 11.3 Å². The fourth-order valence-corrected chi connectivity index (χ4v) is 2.60. The Labute approximate surface area is 115 Å². The minimum absolute atomic E-state index is 0.260. The SMILES string of the molecule is CS(=O)(=O)c1ccc(-c2cn3ccc(F)cc3n2)cc1. The van der Waals surface area contributed by atoms with E-state index in [9.17, 15) is 12.8 Å². The van der Waals surface area contributed by atoms with Crippen molar-refractivity contribution in [2.24, 2.45) is 0 Å². The van der Waals surface area contributed by atoms with Crippen molar-refractivity contribution in [1.82, 2.24) is 9.38 Å². The molecule has 0 aliphatic heterocycles. The first-order valence-corrected chi connectivity index (χ1v) is 7.77. The zero-order valence-electron chi connectivity index (χ0n) is 10.6. The first kappa shape index (κ1) is 12.8. The molecule has 2 aromatic heterocycles. The maximum absolute atomic E-state index is 13.1. The van der Waals surface area contributed by atoms with Gasteiger partial charge in [0.05, 0.1) is 10.6 Å². The molecule has 0 amide bonds. The quantitative estimate of drug-likeness (QED) is 0.729. The molecule has 0 radical (unpaired) electrons. The van der Waals surface area contributed by atoms with Crippen LogP contribution >= 0.6 is 0 Å². The highest BCUT2D eigenvalue weighted by molar-refractivity contribution is 7.90. The third kappa shape index (κ3) is 2.30. The molecular weight excluding hydrogens is 279 g/mol. The smallest absolute Gasteiger partial charge is 0.175 e. The maximum Gasteiger partial charge on any atom is 0.175 e. The van der Waals surface area contributed by atoms with Gasteiger partial charge in [0.2, 0.25) is 0 Å². The second-order valence-corrected chi connectivity index (χ2v) is 6.55. The van der Waals surface area contributed by atoms with Crippen LogP contribution in [0.15, 0.2) is 53.7 Å². The highest BCUT2D eigenvalue weighted by Gasteiger charge is 2.09. The highest BCUT2D eigenvalue weighted by Crippen LogP contribution is 2.21. The second kappa shape index (κ2) is 4.42. The zero-order valence-corrected chi connectivity index (χ0v) is 11.4. The van der Waals surface area contributed by atoms with Gasteiger partial charge in [-0.05, 0) is 18.2 Å². The Morgan fingerprint density at radius 1 is 1.15 bits per heavy atom. The van der Waals surface area contributed by atoms with Crippen LogP contribution in [0.4, 0.5) is 4.39 Å². The molecule has 0 saturated carbocycles. The lowest BCUT2D eigenvalue weighted by atomic mass is 10.2. The van der Waals surface area contributed by atoms with E-state index in [1.807, 2.05) is 0 Å². The van der Waals surface area contributed by atoms with E-state index in [0.29, 0.717) is 11.3 Å². The van der Waals surface area contributed by atoms with Crippen LogP contribution in [0.25, 0.3) is 16.9 Å². The highest BCUT2D eigenvalue weighted by atomic mass is 32.2. The van der Waals surface area contributed by atoms with Crippen LogP contribution in [0.3, 0.4) is 0 Å². The number of aromatic nitrogens is 2. The summed E-state index contributed by atoms with van der Waals surface area (Å²) < 4.78 is 37.6. The Morgan fingerprint density at radius 2 is 1.85 bits per heavy atom. The fraction of sp³-hybridized carbons (Fsp3) is 0.0714. The van der Waals surface area contributed by atoms with Crippen molar-refractivity contribution < 1.29 is 12.8 Å². The van der Waals surface area contributed by atoms with Crippen LogP contribution in [-0.4, -0.2) is 24.1 Å². The van der Waals surface area contributed by atoms with E-state index in [-0.39, 0.29) is 10.7 Å². The van der Waals surface area contributed by atoms with Crippen molar-refractivity contribution >= 4 is 15.5 Å². The second-order valence-electron chi connectivity index (χ2n) is 4.53. The van der Waals surface area contributed by atoms with Crippen LogP contribution < -0.4 is 0 Å². The molecule has 0 atom stereocenters. The van der Waals surface area contributed by atoms with Crippen molar-refractivity contribution in [2.75, 3.05) is 6.26 Å². The van der Waals surface area contributed by atoms with E-state index >= 15 is 0 Å². The molecule has 0 N–H and O–H groups in total. The summed E-state index contributed by atoms with van der Waals surface area (Å²) in [6.45, 7) is 0. The average molecular weight is 290 g/mol. The molecule has 0 aliphatic carbocycles. The van der Waals surface area contributed by atoms with Gasteiger partial charge in [-0.3, -0.25) is 0 Å². The molecule has 0 saturated heterocycles. The van der Waals surface area contributed by atoms with Gasteiger partial charge in [0.1, 0.15) is 11.5 Å². The third-order valence-electron chi connectivity index (χ3n) is 3.00. The van der Waals surface area contributed by atoms with Crippen LogP contribution in [-0.2, 0) is 9.84 Å². The number of benzene rings is 1. The lowest BCUT2D eigenvalue weighted by Gasteiger charge is -1.99. The number of rotatable bonds is 2. The lowest BCUT2D eigenvalue weighted by Crippen LogP contribution is -1.96. The summed E-state index contributed by atoms with van der Waals surface area (Å²) in [7, 11) is -3.21. The largest absolute Gasteiger partial charge is 0.306 e. The van der Waals surface area contributed by atoms with Crippen LogP contribution in [0.2, 0.25) is 0 Å². The normalized spacial score (nSPS) is 11.9. The molecule has 0 aliphatic rings. The number of fused-ring (bicyclic) bond motifs is 1. The van der Waals surface area contributed by atoms with Gasteiger partial charge in [0.25, 0.3) is 0 Å². The third-order valence-corrected chi connectivity index (χ3v) is 4.13. The van der Waals surface area contributed by atoms with Crippen LogP contribution in [0.5, 0.6) is 0 Å². The number of halogens is 1. The predicted octanol–water partition coefficient (Wildman–Crippen LogP) is 2.54.